The van der Waals surface area contributed by atoms with Crippen LogP contribution in [0, 0.1) is 0 Å². The van der Waals surface area contributed by atoms with Gasteiger partial charge in [-0.25, -0.2) is 4.79 Å². The highest BCUT2D eigenvalue weighted by Crippen LogP contribution is 2.12. The van der Waals surface area contributed by atoms with Crippen LogP contribution in [0.15, 0.2) is 49.9 Å². The standard InChI is InChI=1S/C13H12O4/c1-3-16-12(14)9-10-7-5-6-8-11(10)13(15)17-4-2/h3-8H,1-2,9H2. The molecule has 0 amide bonds. The molecule has 1 aromatic rings. The third-order valence-corrected chi connectivity index (χ3v) is 1.98. The number of esters is 2. The molecule has 0 spiro atoms. The Labute approximate surface area is 99.2 Å². The Morgan fingerprint density at radius 3 is 2.41 bits per heavy atom. The normalized spacial score (nSPS) is 9.18. The van der Waals surface area contributed by atoms with Gasteiger partial charge in [0, 0.05) is 0 Å². The molecule has 0 aliphatic rings. The van der Waals surface area contributed by atoms with Crippen LogP contribution < -0.4 is 0 Å². The van der Waals surface area contributed by atoms with E-state index in [9.17, 15) is 9.59 Å². The van der Waals surface area contributed by atoms with Crippen molar-refractivity contribution in [3.05, 3.63) is 61.1 Å². The van der Waals surface area contributed by atoms with Gasteiger partial charge in [-0.2, -0.15) is 0 Å². The minimum absolute atomic E-state index is 0.0194. The van der Waals surface area contributed by atoms with E-state index in [0.29, 0.717) is 11.1 Å². The smallest absolute Gasteiger partial charge is 0.343 e. The number of carbonyl (C=O) groups is 2. The number of benzene rings is 1. The van der Waals surface area contributed by atoms with E-state index in [-0.39, 0.29) is 6.42 Å². The largest absolute Gasteiger partial charge is 0.435 e. The zero-order valence-corrected chi connectivity index (χ0v) is 9.22. The highest BCUT2D eigenvalue weighted by molar-refractivity contribution is 5.92. The van der Waals surface area contributed by atoms with Gasteiger partial charge in [-0.3, -0.25) is 4.79 Å². The fourth-order valence-electron chi connectivity index (χ4n) is 1.30. The lowest BCUT2D eigenvalue weighted by molar-refractivity contribution is -0.137. The molecule has 0 aliphatic carbocycles. The zero-order chi connectivity index (χ0) is 12.7. The van der Waals surface area contributed by atoms with E-state index in [1.54, 1.807) is 24.3 Å². The van der Waals surface area contributed by atoms with Crippen molar-refractivity contribution in [3.63, 3.8) is 0 Å². The predicted molar refractivity (Wildman–Crippen MR) is 62.0 cm³/mol. The van der Waals surface area contributed by atoms with E-state index in [0.717, 1.165) is 12.5 Å². The lowest BCUT2D eigenvalue weighted by Crippen LogP contribution is -2.10. The molecule has 0 atom stereocenters. The third kappa shape index (κ3) is 3.61. The summed E-state index contributed by atoms with van der Waals surface area (Å²) in [6, 6.07) is 6.63. The minimum Gasteiger partial charge on any atom is -0.435 e. The Morgan fingerprint density at radius 1 is 1.12 bits per heavy atom. The quantitative estimate of drug-likeness (QED) is 0.577. The van der Waals surface area contributed by atoms with Gasteiger partial charge in [-0.05, 0) is 11.6 Å². The number of rotatable bonds is 5. The summed E-state index contributed by atoms with van der Waals surface area (Å²) in [6.45, 7) is 6.58. The summed E-state index contributed by atoms with van der Waals surface area (Å²) in [6.07, 6.45) is 2.07. The van der Waals surface area contributed by atoms with Crippen LogP contribution in [0.3, 0.4) is 0 Å². The summed E-state index contributed by atoms with van der Waals surface area (Å²) in [5, 5.41) is 0. The maximum absolute atomic E-state index is 11.5. The molecule has 1 aromatic carbocycles. The summed E-state index contributed by atoms with van der Waals surface area (Å²) in [7, 11) is 0. The molecule has 17 heavy (non-hydrogen) atoms. The second-order valence-electron chi connectivity index (χ2n) is 3.06. The van der Waals surface area contributed by atoms with Crippen LogP contribution in [-0.4, -0.2) is 11.9 Å². The van der Waals surface area contributed by atoms with Crippen molar-refractivity contribution in [2.75, 3.05) is 0 Å². The summed E-state index contributed by atoms with van der Waals surface area (Å²) in [4.78, 5) is 22.8. The van der Waals surface area contributed by atoms with E-state index < -0.39 is 11.9 Å². The van der Waals surface area contributed by atoms with Crippen LogP contribution >= 0.6 is 0 Å². The first-order chi connectivity index (χ1) is 8.19. The number of hydrogen-bond acceptors (Lipinski definition) is 4. The second-order valence-corrected chi connectivity index (χ2v) is 3.06. The van der Waals surface area contributed by atoms with E-state index >= 15 is 0 Å². The summed E-state index contributed by atoms with van der Waals surface area (Å²) >= 11 is 0. The Balaban J connectivity index is 2.91. The van der Waals surface area contributed by atoms with Crippen LogP contribution in [-0.2, 0) is 20.7 Å². The molecule has 0 bridgehead atoms. The molecule has 88 valence electrons. The molecular weight excluding hydrogens is 220 g/mol. The summed E-state index contributed by atoms with van der Waals surface area (Å²) in [5.41, 5.74) is 0.847. The molecule has 1 rings (SSSR count). The minimum atomic E-state index is -0.554. The van der Waals surface area contributed by atoms with Crippen molar-refractivity contribution in [1.29, 1.82) is 0 Å². The zero-order valence-electron chi connectivity index (χ0n) is 9.22. The average molecular weight is 232 g/mol. The topological polar surface area (TPSA) is 52.6 Å². The van der Waals surface area contributed by atoms with Gasteiger partial charge < -0.3 is 9.47 Å². The van der Waals surface area contributed by atoms with Crippen molar-refractivity contribution >= 4 is 11.9 Å². The van der Waals surface area contributed by atoms with E-state index in [4.69, 9.17) is 0 Å². The predicted octanol–water partition coefficient (Wildman–Crippen LogP) is 2.22. The summed E-state index contributed by atoms with van der Waals surface area (Å²) in [5.74, 6) is -1.04. The van der Waals surface area contributed by atoms with Gasteiger partial charge in [0.2, 0.25) is 0 Å². The molecule has 0 aromatic heterocycles. The van der Waals surface area contributed by atoms with Crippen LogP contribution in [0.4, 0.5) is 0 Å². The lowest BCUT2D eigenvalue weighted by Gasteiger charge is -2.06. The van der Waals surface area contributed by atoms with Crippen LogP contribution in [0.1, 0.15) is 15.9 Å². The molecule has 0 aliphatic heterocycles. The van der Waals surface area contributed by atoms with Gasteiger partial charge >= 0.3 is 11.9 Å². The van der Waals surface area contributed by atoms with Gasteiger partial charge in [0.1, 0.15) is 0 Å². The van der Waals surface area contributed by atoms with Crippen LogP contribution in [0.5, 0.6) is 0 Å². The van der Waals surface area contributed by atoms with Crippen molar-refractivity contribution in [2.45, 2.75) is 6.42 Å². The third-order valence-electron chi connectivity index (χ3n) is 1.98. The van der Waals surface area contributed by atoms with Gasteiger partial charge in [0.15, 0.2) is 0 Å². The van der Waals surface area contributed by atoms with E-state index in [1.807, 2.05) is 0 Å². The molecule has 0 saturated carbocycles. The molecular formula is C13H12O4. The molecule has 0 heterocycles. The molecule has 0 fully saturated rings. The Hall–Kier alpha value is -2.36. The molecule has 0 N–H and O–H groups in total. The highest BCUT2D eigenvalue weighted by atomic mass is 16.5. The van der Waals surface area contributed by atoms with Crippen molar-refractivity contribution in [1.82, 2.24) is 0 Å². The number of carbonyl (C=O) groups excluding carboxylic acids is 2. The van der Waals surface area contributed by atoms with Crippen LogP contribution in [0.25, 0.3) is 0 Å². The van der Waals surface area contributed by atoms with Gasteiger partial charge in [-0.15, -0.1) is 0 Å². The molecule has 4 heteroatoms. The first kappa shape index (κ1) is 12.7. The monoisotopic (exact) mass is 232 g/mol. The van der Waals surface area contributed by atoms with Crippen LogP contribution in [0.2, 0.25) is 0 Å². The molecule has 0 saturated heterocycles. The van der Waals surface area contributed by atoms with Gasteiger partial charge in [-0.1, -0.05) is 31.4 Å². The Morgan fingerprint density at radius 2 is 1.76 bits per heavy atom. The Bertz CT molecular complexity index is 448. The Kier molecular flexibility index (Phi) is 4.69. The first-order valence-electron chi connectivity index (χ1n) is 4.89. The van der Waals surface area contributed by atoms with E-state index in [1.165, 1.54) is 0 Å². The second kappa shape index (κ2) is 6.27. The number of hydrogen-bond donors (Lipinski definition) is 0. The molecule has 4 nitrogen and oxygen atoms in total. The highest BCUT2D eigenvalue weighted by Gasteiger charge is 2.14. The fourth-order valence-corrected chi connectivity index (χ4v) is 1.30. The first-order valence-corrected chi connectivity index (χ1v) is 4.89. The SMILES string of the molecule is C=COC(=O)Cc1ccccc1C(=O)OC=C. The molecule has 0 unspecified atom stereocenters. The van der Waals surface area contributed by atoms with Gasteiger partial charge in [0.05, 0.1) is 24.5 Å². The summed E-state index contributed by atoms with van der Waals surface area (Å²) < 4.78 is 9.26. The van der Waals surface area contributed by atoms with Crippen molar-refractivity contribution in [3.8, 4) is 0 Å². The average Bonchev–Trinajstić information content (AvgIpc) is 2.30. The fraction of sp³-hybridized carbons (Fsp3) is 0.0769. The lowest BCUT2D eigenvalue weighted by atomic mass is 10.0. The maximum Gasteiger partial charge on any atom is 0.343 e. The van der Waals surface area contributed by atoms with Gasteiger partial charge in [0.25, 0.3) is 0 Å². The molecule has 0 radical (unpaired) electrons. The van der Waals surface area contributed by atoms with Crippen molar-refractivity contribution < 1.29 is 19.1 Å². The number of ether oxygens (including phenoxy) is 2. The van der Waals surface area contributed by atoms with Crippen molar-refractivity contribution in [2.24, 2.45) is 0 Å². The maximum atomic E-state index is 11.5. The van der Waals surface area contributed by atoms with E-state index in [2.05, 4.69) is 22.6 Å².